The van der Waals surface area contributed by atoms with Crippen molar-refractivity contribution in [3.8, 4) is 0 Å². The number of sulfonamides is 1. The maximum atomic E-state index is 11.8. The molecule has 0 saturated heterocycles. The second-order valence-electron chi connectivity index (χ2n) is 3.99. The zero-order chi connectivity index (χ0) is 14.0. The van der Waals surface area contributed by atoms with Gasteiger partial charge in [-0.15, -0.1) is 0 Å². The van der Waals surface area contributed by atoms with Gasteiger partial charge in [-0.25, -0.2) is 13.6 Å². The van der Waals surface area contributed by atoms with E-state index in [1.165, 1.54) is 30.7 Å². The third kappa shape index (κ3) is 3.01. The van der Waals surface area contributed by atoms with Gasteiger partial charge in [-0.3, -0.25) is 4.79 Å². The van der Waals surface area contributed by atoms with E-state index in [1.807, 2.05) is 0 Å². The topological polar surface area (TPSA) is 102 Å². The Balaban J connectivity index is 2.32. The van der Waals surface area contributed by atoms with Crippen molar-refractivity contribution in [3.63, 3.8) is 0 Å². The van der Waals surface area contributed by atoms with Crippen LogP contribution in [-0.2, 0) is 10.0 Å². The smallest absolute Gasteiger partial charge is 0.258 e. The van der Waals surface area contributed by atoms with Crippen LogP contribution in [0.5, 0.6) is 0 Å². The molecule has 0 aliphatic rings. The van der Waals surface area contributed by atoms with Gasteiger partial charge < -0.3 is 9.73 Å². The van der Waals surface area contributed by atoms with Crippen LogP contribution in [0.1, 0.15) is 15.9 Å². The Morgan fingerprint density at radius 3 is 2.63 bits per heavy atom. The second kappa shape index (κ2) is 4.87. The Hall–Kier alpha value is -2.12. The quantitative estimate of drug-likeness (QED) is 0.889. The lowest BCUT2D eigenvalue weighted by Crippen LogP contribution is -2.15. The van der Waals surface area contributed by atoms with Crippen molar-refractivity contribution in [2.75, 3.05) is 5.32 Å². The minimum Gasteiger partial charge on any atom is -0.472 e. The molecular formula is C12H12N2O4S. The van der Waals surface area contributed by atoms with Crippen molar-refractivity contribution in [2.45, 2.75) is 11.8 Å². The van der Waals surface area contributed by atoms with Crippen LogP contribution in [0.25, 0.3) is 0 Å². The largest absolute Gasteiger partial charge is 0.472 e. The van der Waals surface area contributed by atoms with Crippen LogP contribution in [-0.4, -0.2) is 14.3 Å². The standard InChI is InChI=1S/C12H12N2O4S/c1-8-2-3-10(19(13,16)17)6-11(8)14-12(15)9-4-5-18-7-9/h2-7H,1H3,(H,14,15)(H2,13,16,17). The number of amides is 1. The van der Waals surface area contributed by atoms with Crippen LogP contribution >= 0.6 is 0 Å². The number of hydrogen-bond donors (Lipinski definition) is 2. The third-order valence-corrected chi connectivity index (χ3v) is 3.48. The molecule has 1 amide bonds. The summed E-state index contributed by atoms with van der Waals surface area (Å²) >= 11 is 0. The van der Waals surface area contributed by atoms with Gasteiger partial charge in [0.15, 0.2) is 0 Å². The lowest BCUT2D eigenvalue weighted by atomic mass is 10.2. The second-order valence-corrected chi connectivity index (χ2v) is 5.55. The molecule has 7 heteroatoms. The summed E-state index contributed by atoms with van der Waals surface area (Å²) < 4.78 is 27.3. The van der Waals surface area contributed by atoms with Gasteiger partial charge in [0, 0.05) is 5.69 Å². The molecule has 0 aliphatic carbocycles. The Morgan fingerprint density at radius 1 is 1.32 bits per heavy atom. The van der Waals surface area contributed by atoms with E-state index in [0.717, 1.165) is 5.56 Å². The number of benzene rings is 1. The number of hydrogen-bond acceptors (Lipinski definition) is 4. The summed E-state index contributed by atoms with van der Waals surface area (Å²) in [4.78, 5) is 11.8. The summed E-state index contributed by atoms with van der Waals surface area (Å²) in [6.07, 6.45) is 2.68. The maximum Gasteiger partial charge on any atom is 0.258 e. The van der Waals surface area contributed by atoms with E-state index in [4.69, 9.17) is 9.56 Å². The molecule has 0 radical (unpaired) electrons. The minimum absolute atomic E-state index is 0.0550. The summed E-state index contributed by atoms with van der Waals surface area (Å²) in [7, 11) is -3.80. The number of aryl methyl sites for hydroxylation is 1. The fourth-order valence-corrected chi connectivity index (χ4v) is 2.04. The molecule has 0 atom stereocenters. The monoisotopic (exact) mass is 280 g/mol. The van der Waals surface area contributed by atoms with E-state index in [9.17, 15) is 13.2 Å². The fraction of sp³-hybridized carbons (Fsp3) is 0.0833. The van der Waals surface area contributed by atoms with Gasteiger partial charge in [-0.1, -0.05) is 6.07 Å². The average molecular weight is 280 g/mol. The van der Waals surface area contributed by atoms with Gasteiger partial charge in [0.05, 0.1) is 16.7 Å². The van der Waals surface area contributed by atoms with Crippen molar-refractivity contribution in [2.24, 2.45) is 5.14 Å². The van der Waals surface area contributed by atoms with Crippen molar-refractivity contribution < 1.29 is 17.6 Å². The molecule has 0 aliphatic heterocycles. The van der Waals surface area contributed by atoms with Crippen LogP contribution in [0.4, 0.5) is 5.69 Å². The summed E-state index contributed by atoms with van der Waals surface area (Å²) in [6, 6.07) is 5.79. The summed E-state index contributed by atoms with van der Waals surface area (Å²) in [5.74, 6) is -0.386. The molecule has 2 rings (SSSR count). The number of carbonyl (C=O) groups is 1. The van der Waals surface area contributed by atoms with E-state index >= 15 is 0 Å². The Kier molecular flexibility index (Phi) is 3.41. The lowest BCUT2D eigenvalue weighted by Gasteiger charge is -2.09. The number of carbonyl (C=O) groups excluding carboxylic acids is 1. The van der Waals surface area contributed by atoms with Gasteiger partial charge in [0.25, 0.3) is 5.91 Å². The number of nitrogens with one attached hydrogen (secondary N) is 1. The zero-order valence-electron chi connectivity index (χ0n) is 10.1. The van der Waals surface area contributed by atoms with Gasteiger partial charge in [-0.05, 0) is 30.7 Å². The van der Waals surface area contributed by atoms with E-state index in [-0.39, 0.29) is 10.8 Å². The molecule has 19 heavy (non-hydrogen) atoms. The zero-order valence-corrected chi connectivity index (χ0v) is 10.9. The van der Waals surface area contributed by atoms with Crippen LogP contribution in [0, 0.1) is 6.92 Å². The third-order valence-electron chi connectivity index (χ3n) is 2.57. The Morgan fingerprint density at radius 2 is 2.05 bits per heavy atom. The van der Waals surface area contributed by atoms with Crippen LogP contribution in [0.2, 0.25) is 0 Å². The number of nitrogens with two attached hydrogens (primary N) is 1. The molecule has 0 saturated carbocycles. The molecule has 100 valence electrons. The normalized spacial score (nSPS) is 11.3. The van der Waals surface area contributed by atoms with Gasteiger partial charge in [0.1, 0.15) is 6.26 Å². The molecule has 0 bridgehead atoms. The van der Waals surface area contributed by atoms with Crippen molar-refractivity contribution in [1.29, 1.82) is 0 Å². The van der Waals surface area contributed by atoms with Crippen LogP contribution in [0.15, 0.2) is 46.1 Å². The number of rotatable bonds is 3. The lowest BCUT2D eigenvalue weighted by molar-refractivity contribution is 0.102. The predicted molar refractivity (Wildman–Crippen MR) is 69.2 cm³/mol. The first-order valence-electron chi connectivity index (χ1n) is 5.35. The molecule has 6 nitrogen and oxygen atoms in total. The Labute approximate surface area is 110 Å². The van der Waals surface area contributed by atoms with E-state index in [2.05, 4.69) is 5.32 Å². The fourth-order valence-electron chi connectivity index (χ4n) is 1.50. The minimum atomic E-state index is -3.80. The van der Waals surface area contributed by atoms with E-state index in [1.54, 1.807) is 13.0 Å². The molecule has 0 spiro atoms. The van der Waals surface area contributed by atoms with Crippen LogP contribution in [0.3, 0.4) is 0 Å². The number of anilines is 1. The van der Waals surface area contributed by atoms with Gasteiger partial charge in [0.2, 0.25) is 10.0 Å². The van der Waals surface area contributed by atoms with Gasteiger partial charge in [-0.2, -0.15) is 0 Å². The number of furan rings is 1. The van der Waals surface area contributed by atoms with Crippen molar-refractivity contribution >= 4 is 21.6 Å². The van der Waals surface area contributed by atoms with Gasteiger partial charge >= 0.3 is 0 Å². The summed E-state index contributed by atoms with van der Waals surface area (Å²) in [6.45, 7) is 1.75. The first-order chi connectivity index (χ1) is 8.88. The molecular weight excluding hydrogens is 268 g/mol. The van der Waals surface area contributed by atoms with Crippen molar-refractivity contribution in [1.82, 2.24) is 0 Å². The van der Waals surface area contributed by atoms with E-state index < -0.39 is 10.0 Å². The Bertz CT molecular complexity index is 705. The highest BCUT2D eigenvalue weighted by atomic mass is 32.2. The summed E-state index contributed by atoms with van der Waals surface area (Å²) in [5, 5.41) is 7.65. The molecule has 1 heterocycles. The molecule has 0 unspecified atom stereocenters. The maximum absolute atomic E-state index is 11.8. The first kappa shape index (κ1) is 13.3. The highest BCUT2D eigenvalue weighted by molar-refractivity contribution is 7.89. The predicted octanol–water partition coefficient (Wildman–Crippen LogP) is 1.49. The molecule has 2 aromatic rings. The van der Waals surface area contributed by atoms with Crippen molar-refractivity contribution in [3.05, 3.63) is 47.9 Å². The molecule has 3 N–H and O–H groups in total. The van der Waals surface area contributed by atoms with E-state index in [0.29, 0.717) is 11.3 Å². The number of primary sulfonamides is 1. The SMILES string of the molecule is Cc1ccc(S(N)(=O)=O)cc1NC(=O)c1ccoc1. The first-order valence-corrected chi connectivity index (χ1v) is 6.89. The highest BCUT2D eigenvalue weighted by Crippen LogP contribution is 2.20. The average Bonchev–Trinajstić information content (AvgIpc) is 2.84. The summed E-state index contributed by atoms with van der Waals surface area (Å²) in [5.41, 5.74) is 1.46. The molecule has 0 fully saturated rings. The van der Waals surface area contributed by atoms with Crippen LogP contribution < -0.4 is 10.5 Å². The molecule has 1 aromatic heterocycles. The highest BCUT2D eigenvalue weighted by Gasteiger charge is 2.13. The molecule has 1 aromatic carbocycles.